The van der Waals surface area contributed by atoms with Crippen LogP contribution in [0.1, 0.15) is 12.5 Å². The largest absolute Gasteiger partial charge is 0.510 e. The highest BCUT2D eigenvalue weighted by atomic mass is 16.7. The first kappa shape index (κ1) is 14.1. The van der Waals surface area contributed by atoms with Crippen LogP contribution in [0.3, 0.4) is 0 Å². The molecule has 0 N–H and O–H groups in total. The molecule has 1 aliphatic heterocycles. The summed E-state index contributed by atoms with van der Waals surface area (Å²) in [7, 11) is 0. The molecule has 0 aliphatic carbocycles. The Balaban J connectivity index is 1.94. The first-order chi connectivity index (χ1) is 9.70. The molecule has 1 heterocycles. The summed E-state index contributed by atoms with van der Waals surface area (Å²) >= 11 is 0. The number of carbonyl (C=O) groups excluding carboxylic acids is 1. The highest BCUT2D eigenvalue weighted by Crippen LogP contribution is 2.21. The van der Waals surface area contributed by atoms with Crippen molar-refractivity contribution >= 4 is 12.6 Å². The van der Waals surface area contributed by atoms with Gasteiger partial charge in [-0.05, 0) is 24.5 Å². The van der Waals surface area contributed by atoms with E-state index in [1.807, 2.05) is 30.3 Å². The van der Waals surface area contributed by atoms with E-state index in [4.69, 9.17) is 14.2 Å². The normalized spacial score (nSPS) is 20.2. The molecule has 0 radical (unpaired) electrons. The Morgan fingerprint density at radius 3 is 2.85 bits per heavy atom. The smallest absolute Gasteiger partial charge is 0.470 e. The number of aliphatic imine (C=N–C) groups is 1. The lowest BCUT2D eigenvalue weighted by atomic mass is 10.0. The van der Waals surface area contributed by atoms with Crippen LogP contribution in [0, 0.1) is 0 Å². The van der Waals surface area contributed by atoms with E-state index >= 15 is 0 Å². The Morgan fingerprint density at radius 2 is 2.15 bits per heavy atom. The van der Waals surface area contributed by atoms with Gasteiger partial charge in [0, 0.05) is 0 Å². The minimum Gasteiger partial charge on any atom is -0.470 e. The summed E-state index contributed by atoms with van der Waals surface area (Å²) in [5, 5.41) is 0. The van der Waals surface area contributed by atoms with Gasteiger partial charge in [0.2, 0.25) is 6.23 Å². The lowest BCUT2D eigenvalue weighted by molar-refractivity contribution is 0.00352. The lowest BCUT2D eigenvalue weighted by Crippen LogP contribution is -2.30. The number of carbonyl (C=O) groups is 1. The summed E-state index contributed by atoms with van der Waals surface area (Å²) in [4.78, 5) is 15.3. The topological polar surface area (TPSA) is 57.1 Å². The maximum atomic E-state index is 11.3. The van der Waals surface area contributed by atoms with E-state index in [1.54, 1.807) is 6.92 Å². The second-order valence-electron chi connectivity index (χ2n) is 4.32. The van der Waals surface area contributed by atoms with Gasteiger partial charge in [-0.25, -0.2) is 9.79 Å². The molecule has 0 aromatic heterocycles. The minimum absolute atomic E-state index is 0.256. The van der Waals surface area contributed by atoms with Crippen molar-refractivity contribution in [2.75, 3.05) is 6.61 Å². The summed E-state index contributed by atoms with van der Waals surface area (Å²) < 4.78 is 15.2. The molecule has 5 heteroatoms. The zero-order valence-electron chi connectivity index (χ0n) is 11.3. The van der Waals surface area contributed by atoms with Crippen molar-refractivity contribution in [3.8, 4) is 0 Å². The molecular formula is C15H17NO4. The van der Waals surface area contributed by atoms with E-state index in [0.29, 0.717) is 6.42 Å². The van der Waals surface area contributed by atoms with E-state index in [0.717, 1.165) is 11.1 Å². The highest BCUT2D eigenvalue weighted by molar-refractivity contribution is 5.61. The molecule has 1 aromatic rings. The molecule has 106 valence electrons. The second kappa shape index (κ2) is 6.75. The molecule has 0 saturated heterocycles. The Kier molecular flexibility index (Phi) is 4.76. The molecular weight excluding hydrogens is 258 g/mol. The van der Waals surface area contributed by atoms with E-state index in [2.05, 4.69) is 11.6 Å². The third-order valence-electron chi connectivity index (χ3n) is 2.83. The predicted octanol–water partition coefficient (Wildman–Crippen LogP) is 2.71. The molecule has 1 aliphatic rings. The maximum Gasteiger partial charge on any atom is 0.510 e. The van der Waals surface area contributed by atoms with E-state index in [1.165, 1.54) is 6.40 Å². The predicted molar refractivity (Wildman–Crippen MR) is 74.5 cm³/mol. The number of hydrogen-bond acceptors (Lipinski definition) is 5. The van der Waals surface area contributed by atoms with Crippen molar-refractivity contribution in [2.24, 2.45) is 4.99 Å². The van der Waals surface area contributed by atoms with E-state index < -0.39 is 18.5 Å². The number of benzene rings is 1. The van der Waals surface area contributed by atoms with Crippen molar-refractivity contribution in [1.82, 2.24) is 0 Å². The average Bonchev–Trinajstić information content (AvgIpc) is 2.88. The monoisotopic (exact) mass is 275 g/mol. The van der Waals surface area contributed by atoms with Crippen LogP contribution in [0.5, 0.6) is 0 Å². The van der Waals surface area contributed by atoms with Crippen LogP contribution < -0.4 is 0 Å². The van der Waals surface area contributed by atoms with Gasteiger partial charge in [-0.1, -0.05) is 36.9 Å². The number of hydrogen-bond donors (Lipinski definition) is 0. The molecule has 0 amide bonds. The van der Waals surface area contributed by atoms with Gasteiger partial charge >= 0.3 is 6.16 Å². The lowest BCUT2D eigenvalue weighted by Gasteiger charge is -2.19. The van der Waals surface area contributed by atoms with Gasteiger partial charge in [0.25, 0.3) is 0 Å². The Hall–Kier alpha value is -2.30. The minimum atomic E-state index is -0.752. The number of ether oxygens (including phenoxy) is 3. The fraction of sp³-hybridized carbons (Fsp3) is 0.333. The molecule has 2 rings (SSSR count). The zero-order chi connectivity index (χ0) is 14.4. The van der Waals surface area contributed by atoms with Gasteiger partial charge in [-0.15, -0.1) is 0 Å². The van der Waals surface area contributed by atoms with Crippen molar-refractivity contribution in [3.63, 3.8) is 0 Å². The van der Waals surface area contributed by atoms with Crippen LogP contribution in [0.25, 0.3) is 0 Å². The summed E-state index contributed by atoms with van der Waals surface area (Å²) in [5.41, 5.74) is 1.91. The van der Waals surface area contributed by atoms with E-state index in [9.17, 15) is 4.79 Å². The van der Waals surface area contributed by atoms with Crippen molar-refractivity contribution in [2.45, 2.75) is 25.7 Å². The van der Waals surface area contributed by atoms with Crippen molar-refractivity contribution in [3.05, 3.63) is 48.0 Å². The van der Waals surface area contributed by atoms with Gasteiger partial charge in [0.1, 0.15) is 0 Å². The standard InChI is InChI=1S/C15H17NO4/c1-3-18-15(17)20-14-13(19-10-16-14)11(2)9-12-7-5-4-6-8-12/h4-8,10,13-14H,2-3,9H2,1H3. The zero-order valence-corrected chi connectivity index (χ0v) is 11.3. The van der Waals surface area contributed by atoms with Crippen molar-refractivity contribution in [1.29, 1.82) is 0 Å². The van der Waals surface area contributed by atoms with Crippen LogP contribution in [-0.2, 0) is 20.6 Å². The molecule has 1 aromatic carbocycles. The Bertz CT molecular complexity index is 498. The third kappa shape index (κ3) is 3.60. The molecule has 0 fully saturated rings. The molecule has 5 nitrogen and oxygen atoms in total. The molecule has 2 atom stereocenters. The number of nitrogens with zero attached hydrogens (tertiary/aromatic N) is 1. The summed E-state index contributed by atoms with van der Waals surface area (Å²) in [6.45, 7) is 5.96. The van der Waals surface area contributed by atoms with Crippen LogP contribution in [-0.4, -0.2) is 31.5 Å². The van der Waals surface area contributed by atoms with Crippen molar-refractivity contribution < 1.29 is 19.0 Å². The average molecular weight is 275 g/mol. The fourth-order valence-corrected chi connectivity index (χ4v) is 1.91. The van der Waals surface area contributed by atoms with Crippen LogP contribution in [0.4, 0.5) is 4.79 Å². The molecule has 2 unspecified atom stereocenters. The molecule has 20 heavy (non-hydrogen) atoms. The Labute approximate surface area is 117 Å². The van der Waals surface area contributed by atoms with Crippen LogP contribution >= 0.6 is 0 Å². The van der Waals surface area contributed by atoms with Gasteiger partial charge in [0.15, 0.2) is 12.5 Å². The molecule has 0 saturated carbocycles. The fourth-order valence-electron chi connectivity index (χ4n) is 1.91. The molecule has 0 bridgehead atoms. The Morgan fingerprint density at radius 1 is 1.40 bits per heavy atom. The summed E-state index contributed by atoms with van der Waals surface area (Å²) in [6, 6.07) is 9.88. The van der Waals surface area contributed by atoms with Gasteiger partial charge < -0.3 is 14.2 Å². The first-order valence-electron chi connectivity index (χ1n) is 6.43. The van der Waals surface area contributed by atoms with Crippen LogP contribution in [0.2, 0.25) is 0 Å². The van der Waals surface area contributed by atoms with Crippen LogP contribution in [0.15, 0.2) is 47.5 Å². The SMILES string of the molecule is C=C(Cc1ccccc1)C1OC=NC1OC(=O)OCC. The van der Waals surface area contributed by atoms with Gasteiger partial charge in [0.05, 0.1) is 6.61 Å². The summed E-state index contributed by atoms with van der Waals surface area (Å²) in [6.07, 6.45) is -0.0371. The van der Waals surface area contributed by atoms with E-state index in [-0.39, 0.29) is 6.61 Å². The second-order valence-corrected chi connectivity index (χ2v) is 4.32. The maximum absolute atomic E-state index is 11.3. The highest BCUT2D eigenvalue weighted by Gasteiger charge is 2.32. The van der Waals surface area contributed by atoms with Gasteiger partial charge in [-0.3, -0.25) is 0 Å². The summed E-state index contributed by atoms with van der Waals surface area (Å²) in [5.74, 6) is 0. The quantitative estimate of drug-likeness (QED) is 0.612. The van der Waals surface area contributed by atoms with Gasteiger partial charge in [-0.2, -0.15) is 0 Å². The third-order valence-corrected chi connectivity index (χ3v) is 2.83. The first-order valence-corrected chi connectivity index (χ1v) is 6.43. The number of rotatable bonds is 5. The molecule has 0 spiro atoms.